The number of nitrogens with one attached hydrogen (secondary N) is 2. The van der Waals surface area contributed by atoms with Gasteiger partial charge in [-0.3, -0.25) is 19.3 Å². The zero-order valence-electron chi connectivity index (χ0n) is 22.3. The number of nitrogens with zero attached hydrogens (tertiary/aromatic N) is 2. The van der Waals surface area contributed by atoms with E-state index in [0.717, 1.165) is 11.1 Å². The lowest BCUT2D eigenvalue weighted by molar-refractivity contribution is -0.138. The largest absolute Gasteiger partial charge is 0.481 e. The number of hydrogen-bond donors (Lipinski definition) is 3. The summed E-state index contributed by atoms with van der Waals surface area (Å²) in [6, 6.07) is 19.9. The SMILES string of the molecule is Cc1cccc(NC(=O)N2CCCN(C(=O)c3cccc(Br)c3)C2C(=O)NC(CC(=O)O)c2cccc(C)c2)c1. The zero-order chi connectivity index (χ0) is 28.8. The van der Waals surface area contributed by atoms with Gasteiger partial charge in [-0.25, -0.2) is 4.79 Å². The third kappa shape index (κ3) is 7.06. The topological polar surface area (TPSA) is 119 Å². The molecule has 1 saturated heterocycles. The molecule has 0 radical (unpaired) electrons. The molecule has 2 unspecified atom stereocenters. The first-order valence-corrected chi connectivity index (χ1v) is 13.7. The van der Waals surface area contributed by atoms with Crippen molar-refractivity contribution in [2.24, 2.45) is 0 Å². The Hall–Kier alpha value is -4.18. The fourth-order valence-electron chi connectivity index (χ4n) is 4.80. The number of aryl methyl sites for hydroxylation is 2. The summed E-state index contributed by atoms with van der Waals surface area (Å²) in [5.74, 6) is -2.15. The van der Waals surface area contributed by atoms with E-state index in [1.54, 1.807) is 48.5 Å². The van der Waals surface area contributed by atoms with E-state index in [0.29, 0.717) is 27.7 Å². The van der Waals surface area contributed by atoms with Crippen molar-refractivity contribution in [3.8, 4) is 0 Å². The van der Waals surface area contributed by atoms with E-state index in [1.165, 1.54) is 9.80 Å². The van der Waals surface area contributed by atoms with E-state index in [4.69, 9.17) is 0 Å². The van der Waals surface area contributed by atoms with Crippen LogP contribution in [0.5, 0.6) is 0 Å². The summed E-state index contributed by atoms with van der Waals surface area (Å²) in [5.41, 5.74) is 3.39. The molecular weight excluding hydrogens is 576 g/mol. The van der Waals surface area contributed by atoms with Crippen molar-refractivity contribution >= 4 is 45.4 Å². The van der Waals surface area contributed by atoms with Crippen LogP contribution in [0.15, 0.2) is 77.3 Å². The maximum Gasteiger partial charge on any atom is 0.323 e. The number of amides is 4. The summed E-state index contributed by atoms with van der Waals surface area (Å²) in [4.78, 5) is 55.6. The number of aliphatic carboxylic acids is 1. The number of anilines is 1. The molecule has 40 heavy (non-hydrogen) atoms. The molecule has 0 spiro atoms. The molecule has 208 valence electrons. The van der Waals surface area contributed by atoms with Crippen molar-refractivity contribution in [3.63, 3.8) is 0 Å². The highest BCUT2D eigenvalue weighted by Gasteiger charge is 2.41. The van der Waals surface area contributed by atoms with Crippen LogP contribution < -0.4 is 10.6 Å². The van der Waals surface area contributed by atoms with Crippen molar-refractivity contribution in [3.05, 3.63) is 99.5 Å². The van der Waals surface area contributed by atoms with Crippen LogP contribution in [-0.4, -0.2) is 58.0 Å². The van der Waals surface area contributed by atoms with E-state index < -0.39 is 36.0 Å². The maximum absolute atomic E-state index is 14.0. The number of benzene rings is 3. The molecule has 3 N–H and O–H groups in total. The Labute approximate surface area is 241 Å². The predicted molar refractivity (Wildman–Crippen MR) is 155 cm³/mol. The monoisotopic (exact) mass is 606 g/mol. The van der Waals surface area contributed by atoms with E-state index in [2.05, 4.69) is 26.6 Å². The van der Waals surface area contributed by atoms with Gasteiger partial charge in [-0.1, -0.05) is 64.0 Å². The summed E-state index contributed by atoms with van der Waals surface area (Å²) < 4.78 is 0.700. The second-order valence-corrected chi connectivity index (χ2v) is 10.7. The molecule has 3 aromatic rings. The predicted octanol–water partition coefficient (Wildman–Crippen LogP) is 5.10. The highest BCUT2D eigenvalue weighted by atomic mass is 79.9. The molecule has 0 bridgehead atoms. The van der Waals surface area contributed by atoms with Crippen molar-refractivity contribution in [1.29, 1.82) is 0 Å². The molecule has 3 aromatic carbocycles. The lowest BCUT2D eigenvalue weighted by Gasteiger charge is -2.43. The van der Waals surface area contributed by atoms with Crippen LogP contribution in [0.4, 0.5) is 10.5 Å². The lowest BCUT2D eigenvalue weighted by Crippen LogP contribution is -2.64. The van der Waals surface area contributed by atoms with Crippen molar-refractivity contribution < 1.29 is 24.3 Å². The number of rotatable bonds is 7. The minimum atomic E-state index is -1.30. The third-order valence-electron chi connectivity index (χ3n) is 6.63. The Morgan fingerprint density at radius 3 is 2.27 bits per heavy atom. The highest BCUT2D eigenvalue weighted by Crippen LogP contribution is 2.24. The second kappa shape index (κ2) is 12.8. The molecule has 1 aliphatic rings. The number of carbonyl (C=O) groups excluding carboxylic acids is 3. The summed E-state index contributed by atoms with van der Waals surface area (Å²) in [6.45, 7) is 4.25. The van der Waals surface area contributed by atoms with Crippen LogP contribution in [-0.2, 0) is 9.59 Å². The fraction of sp³-hybridized carbons (Fsp3) is 0.267. The standard InChI is InChI=1S/C30H31BrN4O5/c1-19-7-3-9-21(15-19)25(18-26(36)37)33-27(38)28-34(29(39)22-10-5-11-23(31)17-22)13-6-14-35(28)30(40)32-24-12-4-8-20(2)16-24/h3-5,7-12,15-17,25,28H,6,13-14,18H2,1-2H3,(H,32,40)(H,33,38)(H,36,37). The first-order valence-electron chi connectivity index (χ1n) is 12.9. The van der Waals surface area contributed by atoms with Gasteiger partial charge in [0.2, 0.25) is 0 Å². The van der Waals surface area contributed by atoms with Crippen LogP contribution in [0.2, 0.25) is 0 Å². The molecule has 1 heterocycles. The number of hydrogen-bond acceptors (Lipinski definition) is 4. The third-order valence-corrected chi connectivity index (χ3v) is 7.12. The molecule has 9 nitrogen and oxygen atoms in total. The van der Waals surface area contributed by atoms with E-state index in [1.807, 2.05) is 38.1 Å². The molecule has 4 amide bonds. The Bertz CT molecular complexity index is 1430. The second-order valence-electron chi connectivity index (χ2n) is 9.80. The first kappa shape index (κ1) is 28.8. The van der Waals surface area contributed by atoms with Crippen LogP contribution in [0, 0.1) is 13.8 Å². The van der Waals surface area contributed by atoms with Gasteiger partial charge in [-0.05, 0) is 61.7 Å². The zero-order valence-corrected chi connectivity index (χ0v) is 23.8. The minimum absolute atomic E-state index is 0.228. The maximum atomic E-state index is 14.0. The smallest absolute Gasteiger partial charge is 0.323 e. The Kier molecular flexibility index (Phi) is 9.21. The van der Waals surface area contributed by atoms with E-state index >= 15 is 0 Å². The van der Waals surface area contributed by atoms with Crippen molar-refractivity contribution in [2.75, 3.05) is 18.4 Å². The highest BCUT2D eigenvalue weighted by molar-refractivity contribution is 9.10. The van der Waals surface area contributed by atoms with Gasteiger partial charge in [-0.2, -0.15) is 0 Å². The van der Waals surface area contributed by atoms with Gasteiger partial charge in [0.15, 0.2) is 6.17 Å². The van der Waals surface area contributed by atoms with Crippen LogP contribution in [0.3, 0.4) is 0 Å². The Morgan fingerprint density at radius 1 is 0.925 bits per heavy atom. The molecule has 2 atom stereocenters. The van der Waals surface area contributed by atoms with Gasteiger partial charge in [0.25, 0.3) is 11.8 Å². The fourth-order valence-corrected chi connectivity index (χ4v) is 5.20. The number of halogens is 1. The molecule has 1 aliphatic heterocycles. The van der Waals surface area contributed by atoms with Gasteiger partial charge >= 0.3 is 12.0 Å². The number of carbonyl (C=O) groups is 4. The van der Waals surface area contributed by atoms with E-state index in [9.17, 15) is 24.3 Å². The van der Waals surface area contributed by atoms with Gasteiger partial charge in [0.05, 0.1) is 12.5 Å². The number of carboxylic acids is 1. The molecule has 10 heteroatoms. The van der Waals surface area contributed by atoms with Crippen LogP contribution >= 0.6 is 15.9 Å². The first-order chi connectivity index (χ1) is 19.1. The summed E-state index contributed by atoms with van der Waals surface area (Å²) in [5, 5.41) is 15.2. The molecule has 0 aromatic heterocycles. The molecular formula is C30H31BrN4O5. The summed E-state index contributed by atoms with van der Waals surface area (Å²) in [7, 11) is 0. The minimum Gasteiger partial charge on any atom is -0.481 e. The molecule has 0 saturated carbocycles. The average Bonchev–Trinajstić information content (AvgIpc) is 2.91. The Balaban J connectivity index is 1.69. The van der Waals surface area contributed by atoms with Gasteiger partial charge < -0.3 is 20.6 Å². The molecule has 1 fully saturated rings. The van der Waals surface area contributed by atoms with Gasteiger partial charge in [-0.15, -0.1) is 0 Å². The Morgan fingerprint density at radius 2 is 1.60 bits per heavy atom. The normalized spacial score (nSPS) is 15.7. The van der Waals surface area contributed by atoms with Crippen molar-refractivity contribution in [2.45, 2.75) is 38.9 Å². The molecule has 0 aliphatic carbocycles. The quantitative estimate of drug-likeness (QED) is 0.345. The van der Waals surface area contributed by atoms with Crippen LogP contribution in [0.25, 0.3) is 0 Å². The number of carboxylic acid groups (broad SMARTS) is 1. The van der Waals surface area contributed by atoms with E-state index in [-0.39, 0.29) is 19.5 Å². The average molecular weight is 608 g/mol. The number of urea groups is 1. The lowest BCUT2D eigenvalue weighted by atomic mass is 10.0. The van der Waals surface area contributed by atoms with Gasteiger partial charge in [0.1, 0.15) is 0 Å². The van der Waals surface area contributed by atoms with Crippen molar-refractivity contribution in [1.82, 2.24) is 15.1 Å². The molecule has 4 rings (SSSR count). The summed E-state index contributed by atoms with van der Waals surface area (Å²) >= 11 is 3.38. The summed E-state index contributed by atoms with van der Waals surface area (Å²) in [6.07, 6.45) is -1.20. The van der Waals surface area contributed by atoms with Gasteiger partial charge in [0, 0.05) is 28.8 Å². The van der Waals surface area contributed by atoms with Crippen LogP contribution in [0.1, 0.15) is 45.9 Å².